The molecule has 0 saturated heterocycles. The number of hydrogen-bond acceptors (Lipinski definition) is 2. The van der Waals surface area contributed by atoms with E-state index in [4.69, 9.17) is 0 Å². The quantitative estimate of drug-likeness (QED) is 0.366. The Kier molecular flexibility index (Phi) is 2.90. The van der Waals surface area contributed by atoms with Gasteiger partial charge >= 0.3 is 5.91 Å². The normalized spacial score (nSPS) is 10.0. The van der Waals surface area contributed by atoms with Gasteiger partial charge in [0.25, 0.3) is 0 Å². The molecule has 0 saturated carbocycles. The molecule has 0 aliphatic rings. The van der Waals surface area contributed by atoms with E-state index in [2.05, 4.69) is 4.99 Å². The van der Waals surface area contributed by atoms with Crippen LogP contribution in [0.4, 0.5) is 0 Å². The van der Waals surface area contributed by atoms with Crippen LogP contribution in [0.2, 0.25) is 0 Å². The Morgan fingerprint density at radius 1 is 1.25 bits per heavy atom. The second kappa shape index (κ2) is 4.18. The van der Waals surface area contributed by atoms with Gasteiger partial charge in [-0.15, -0.1) is 0 Å². The Balaban J connectivity index is 2.70. The minimum Gasteiger partial charge on any atom is -0.292 e. The number of carbonyl (C=O) groups is 2. The van der Waals surface area contributed by atoms with Crippen LogP contribution in [0.1, 0.15) is 5.56 Å². The summed E-state index contributed by atoms with van der Waals surface area (Å²) in [4.78, 5) is 23.7. The van der Waals surface area contributed by atoms with Crippen LogP contribution < -0.4 is 0 Å². The average molecular weight is 161 g/mol. The van der Waals surface area contributed by atoms with Gasteiger partial charge in [0.05, 0.1) is 0 Å². The SMILES string of the molecule is O=CC(=O)N=Cc1ccccc1. The van der Waals surface area contributed by atoms with Crippen molar-refractivity contribution in [1.82, 2.24) is 0 Å². The van der Waals surface area contributed by atoms with Gasteiger partial charge in [-0.05, 0) is 5.56 Å². The summed E-state index contributed by atoms with van der Waals surface area (Å²) in [7, 11) is 0. The van der Waals surface area contributed by atoms with Gasteiger partial charge in [0.1, 0.15) is 0 Å². The molecule has 12 heavy (non-hydrogen) atoms. The van der Waals surface area contributed by atoms with Gasteiger partial charge in [-0.2, -0.15) is 0 Å². The van der Waals surface area contributed by atoms with Crippen molar-refractivity contribution in [1.29, 1.82) is 0 Å². The van der Waals surface area contributed by atoms with Crippen molar-refractivity contribution in [2.45, 2.75) is 0 Å². The number of rotatable bonds is 2. The highest BCUT2D eigenvalue weighted by atomic mass is 16.2. The van der Waals surface area contributed by atoms with Gasteiger partial charge in [-0.3, -0.25) is 9.59 Å². The molecule has 0 heterocycles. The van der Waals surface area contributed by atoms with Gasteiger partial charge in [0.2, 0.25) is 6.29 Å². The lowest BCUT2D eigenvalue weighted by atomic mass is 10.2. The van der Waals surface area contributed by atoms with E-state index in [0.29, 0.717) is 0 Å². The topological polar surface area (TPSA) is 46.5 Å². The predicted molar refractivity (Wildman–Crippen MR) is 45.1 cm³/mol. The van der Waals surface area contributed by atoms with Crippen LogP contribution in [0.3, 0.4) is 0 Å². The Morgan fingerprint density at radius 3 is 2.50 bits per heavy atom. The standard InChI is InChI=1S/C9H7NO2/c11-7-9(12)10-6-8-4-2-1-3-5-8/h1-7H. The number of benzene rings is 1. The molecule has 1 aromatic rings. The molecule has 3 nitrogen and oxygen atoms in total. The molecule has 0 radical (unpaired) electrons. The molecule has 1 amide bonds. The molecule has 0 fully saturated rings. The van der Waals surface area contributed by atoms with Crippen LogP contribution in [0.25, 0.3) is 0 Å². The van der Waals surface area contributed by atoms with Crippen molar-refractivity contribution in [3.8, 4) is 0 Å². The van der Waals surface area contributed by atoms with Crippen molar-refractivity contribution in [2.24, 2.45) is 4.99 Å². The summed E-state index contributed by atoms with van der Waals surface area (Å²) >= 11 is 0. The van der Waals surface area contributed by atoms with Crippen molar-refractivity contribution < 1.29 is 9.59 Å². The van der Waals surface area contributed by atoms with Crippen LogP contribution in [0.15, 0.2) is 35.3 Å². The lowest BCUT2D eigenvalue weighted by Crippen LogP contribution is -1.93. The van der Waals surface area contributed by atoms with E-state index in [1.807, 2.05) is 18.2 Å². The molecule has 0 spiro atoms. The molecular weight excluding hydrogens is 154 g/mol. The maximum absolute atomic E-state index is 10.4. The number of carbonyl (C=O) groups excluding carboxylic acids is 2. The molecule has 3 heteroatoms. The Bertz CT molecular complexity index is 304. The van der Waals surface area contributed by atoms with E-state index in [-0.39, 0.29) is 6.29 Å². The van der Waals surface area contributed by atoms with Gasteiger partial charge in [0, 0.05) is 6.21 Å². The molecule has 0 N–H and O–H groups in total. The number of hydrogen-bond donors (Lipinski definition) is 0. The Morgan fingerprint density at radius 2 is 1.92 bits per heavy atom. The van der Waals surface area contributed by atoms with E-state index in [1.165, 1.54) is 6.21 Å². The first-order chi connectivity index (χ1) is 5.83. The van der Waals surface area contributed by atoms with E-state index < -0.39 is 5.91 Å². The molecular formula is C9H7NO2. The summed E-state index contributed by atoms with van der Waals surface area (Å²) in [6.45, 7) is 0. The zero-order valence-corrected chi connectivity index (χ0v) is 6.31. The monoisotopic (exact) mass is 161 g/mol. The molecule has 1 aromatic carbocycles. The number of amides is 1. The average Bonchev–Trinajstić information content (AvgIpc) is 2.16. The van der Waals surface area contributed by atoms with E-state index in [0.717, 1.165) is 5.56 Å². The van der Waals surface area contributed by atoms with Crippen molar-refractivity contribution >= 4 is 18.4 Å². The lowest BCUT2D eigenvalue weighted by molar-refractivity contribution is -0.128. The lowest BCUT2D eigenvalue weighted by Gasteiger charge is -1.87. The second-order valence-electron chi connectivity index (χ2n) is 2.12. The van der Waals surface area contributed by atoms with Crippen molar-refractivity contribution in [3.05, 3.63) is 35.9 Å². The van der Waals surface area contributed by atoms with Gasteiger partial charge in [-0.25, -0.2) is 4.99 Å². The van der Waals surface area contributed by atoms with E-state index in [9.17, 15) is 9.59 Å². The summed E-state index contributed by atoms with van der Waals surface area (Å²) in [5, 5.41) is 0. The highest BCUT2D eigenvalue weighted by Gasteiger charge is 1.90. The highest BCUT2D eigenvalue weighted by Crippen LogP contribution is 1.93. The smallest absolute Gasteiger partial charge is 0.292 e. The molecule has 0 aliphatic carbocycles. The van der Waals surface area contributed by atoms with Crippen LogP contribution in [-0.2, 0) is 9.59 Å². The summed E-state index contributed by atoms with van der Waals surface area (Å²) < 4.78 is 0. The van der Waals surface area contributed by atoms with Gasteiger partial charge in [0.15, 0.2) is 0 Å². The molecule has 0 bridgehead atoms. The molecule has 0 unspecified atom stereocenters. The third kappa shape index (κ3) is 2.46. The number of aliphatic imine (C=N–C) groups is 1. The fourth-order valence-electron chi connectivity index (χ4n) is 0.708. The predicted octanol–water partition coefficient (Wildman–Crippen LogP) is 0.831. The third-order valence-corrected chi connectivity index (χ3v) is 1.24. The fourth-order valence-corrected chi connectivity index (χ4v) is 0.708. The molecule has 0 aromatic heterocycles. The first-order valence-electron chi connectivity index (χ1n) is 3.41. The van der Waals surface area contributed by atoms with Crippen molar-refractivity contribution in [2.75, 3.05) is 0 Å². The zero-order valence-electron chi connectivity index (χ0n) is 6.31. The molecule has 60 valence electrons. The Labute approximate surface area is 69.7 Å². The van der Waals surface area contributed by atoms with Crippen LogP contribution >= 0.6 is 0 Å². The molecule has 0 aliphatic heterocycles. The largest absolute Gasteiger partial charge is 0.309 e. The van der Waals surface area contributed by atoms with Crippen molar-refractivity contribution in [3.63, 3.8) is 0 Å². The van der Waals surface area contributed by atoms with E-state index >= 15 is 0 Å². The van der Waals surface area contributed by atoms with Crippen LogP contribution in [0, 0.1) is 0 Å². The highest BCUT2D eigenvalue weighted by molar-refractivity contribution is 6.26. The van der Waals surface area contributed by atoms with Crippen LogP contribution in [-0.4, -0.2) is 18.4 Å². The fraction of sp³-hybridized carbons (Fsp3) is 0. The van der Waals surface area contributed by atoms with E-state index in [1.54, 1.807) is 12.1 Å². The maximum atomic E-state index is 10.4. The number of aldehydes is 1. The zero-order chi connectivity index (χ0) is 8.81. The van der Waals surface area contributed by atoms with Crippen LogP contribution in [0.5, 0.6) is 0 Å². The first-order valence-corrected chi connectivity index (χ1v) is 3.41. The van der Waals surface area contributed by atoms with Gasteiger partial charge in [-0.1, -0.05) is 30.3 Å². The minimum atomic E-state index is -0.765. The Hall–Kier alpha value is -1.77. The maximum Gasteiger partial charge on any atom is 0.309 e. The summed E-state index contributed by atoms with van der Waals surface area (Å²) in [5.74, 6) is -0.765. The summed E-state index contributed by atoms with van der Waals surface area (Å²) in [5.41, 5.74) is 0.799. The summed E-state index contributed by atoms with van der Waals surface area (Å²) in [6, 6.07) is 9.10. The molecule has 0 atom stereocenters. The third-order valence-electron chi connectivity index (χ3n) is 1.24. The molecule has 1 rings (SSSR count). The van der Waals surface area contributed by atoms with Gasteiger partial charge < -0.3 is 0 Å². The minimum absolute atomic E-state index is 0.180. The summed E-state index contributed by atoms with van der Waals surface area (Å²) in [6.07, 6.45) is 1.54. The second-order valence-corrected chi connectivity index (χ2v) is 2.12. The number of nitrogens with zero attached hydrogens (tertiary/aromatic N) is 1. The first kappa shape index (κ1) is 8.33.